The number of nitrogens with one attached hydrogen (secondary N) is 1. The smallest absolute Gasteiger partial charge is 0.270 e. The van der Waals surface area contributed by atoms with Crippen LogP contribution in [0.15, 0.2) is 54.6 Å². The van der Waals surface area contributed by atoms with Crippen molar-refractivity contribution in [2.24, 2.45) is 0 Å². The van der Waals surface area contributed by atoms with Gasteiger partial charge in [-0.2, -0.15) is 0 Å². The lowest BCUT2D eigenvalue weighted by atomic mass is 10.1. The molecule has 2 aromatic carbocycles. The fourth-order valence-electron chi connectivity index (χ4n) is 3.46. The highest BCUT2D eigenvalue weighted by Crippen LogP contribution is 2.35. The van der Waals surface area contributed by atoms with Crippen molar-refractivity contribution in [3.8, 4) is 0 Å². The van der Waals surface area contributed by atoms with E-state index < -0.39 is 0 Å². The van der Waals surface area contributed by atoms with Crippen LogP contribution in [0.1, 0.15) is 34.1 Å². The van der Waals surface area contributed by atoms with Crippen LogP contribution in [0, 0.1) is 0 Å². The molecule has 0 unspecified atom stereocenters. The van der Waals surface area contributed by atoms with Crippen LogP contribution in [0.5, 0.6) is 0 Å². The maximum atomic E-state index is 12.8. The number of fused-ring (bicyclic) bond motifs is 2. The zero-order valence-corrected chi connectivity index (χ0v) is 12.5. The molecular weight excluding hydrogens is 272 g/mol. The highest BCUT2D eigenvalue weighted by atomic mass is 16.2. The zero-order chi connectivity index (χ0) is 15.1. The number of carbonyl (C=O) groups excluding carboxylic acids is 1. The van der Waals surface area contributed by atoms with Crippen molar-refractivity contribution >= 4 is 16.8 Å². The van der Waals surface area contributed by atoms with Gasteiger partial charge in [-0.1, -0.05) is 42.5 Å². The van der Waals surface area contributed by atoms with Crippen LogP contribution in [-0.4, -0.2) is 22.8 Å². The normalized spacial score (nSPS) is 16.7. The van der Waals surface area contributed by atoms with Gasteiger partial charge in [0, 0.05) is 18.0 Å². The molecule has 0 saturated heterocycles. The first kappa shape index (κ1) is 13.1. The molecule has 1 aromatic heterocycles. The molecule has 1 aliphatic rings. The van der Waals surface area contributed by atoms with Gasteiger partial charge in [-0.3, -0.25) is 4.79 Å². The summed E-state index contributed by atoms with van der Waals surface area (Å²) < 4.78 is 0. The van der Waals surface area contributed by atoms with Crippen LogP contribution in [0.2, 0.25) is 0 Å². The molecule has 3 heteroatoms. The molecule has 4 rings (SSSR count). The van der Waals surface area contributed by atoms with Crippen molar-refractivity contribution in [3.63, 3.8) is 0 Å². The van der Waals surface area contributed by atoms with Gasteiger partial charge in [-0.25, -0.2) is 0 Å². The summed E-state index contributed by atoms with van der Waals surface area (Å²) in [6, 6.07) is 18.5. The van der Waals surface area contributed by atoms with E-state index in [0.29, 0.717) is 5.69 Å². The first-order valence-electron chi connectivity index (χ1n) is 7.67. The summed E-state index contributed by atoms with van der Waals surface area (Å²) in [7, 11) is 1.90. The average Bonchev–Trinajstić information content (AvgIpc) is 3.17. The average molecular weight is 290 g/mol. The van der Waals surface area contributed by atoms with Gasteiger partial charge in [0.1, 0.15) is 5.69 Å². The molecule has 22 heavy (non-hydrogen) atoms. The van der Waals surface area contributed by atoms with E-state index in [4.69, 9.17) is 0 Å². The highest BCUT2D eigenvalue weighted by molar-refractivity contribution is 5.98. The fourth-order valence-corrected chi connectivity index (χ4v) is 3.46. The van der Waals surface area contributed by atoms with E-state index in [-0.39, 0.29) is 11.9 Å². The number of aryl methyl sites for hydroxylation is 1. The Hall–Kier alpha value is -2.55. The third-order valence-electron chi connectivity index (χ3n) is 4.65. The minimum atomic E-state index is 0.0536. The summed E-state index contributed by atoms with van der Waals surface area (Å²) in [4.78, 5) is 17.9. The van der Waals surface area contributed by atoms with Crippen LogP contribution in [0.25, 0.3) is 10.9 Å². The number of hydrogen-bond acceptors (Lipinski definition) is 1. The van der Waals surface area contributed by atoms with Gasteiger partial charge < -0.3 is 9.88 Å². The van der Waals surface area contributed by atoms with E-state index in [0.717, 1.165) is 23.7 Å². The van der Waals surface area contributed by atoms with Crippen molar-refractivity contribution in [2.45, 2.75) is 18.9 Å². The maximum absolute atomic E-state index is 12.8. The highest BCUT2D eigenvalue weighted by Gasteiger charge is 2.29. The van der Waals surface area contributed by atoms with E-state index >= 15 is 0 Å². The summed E-state index contributed by atoms with van der Waals surface area (Å²) in [5, 5.41) is 1.08. The predicted octanol–water partition coefficient (Wildman–Crippen LogP) is 3.93. The van der Waals surface area contributed by atoms with Crippen molar-refractivity contribution in [3.05, 3.63) is 71.4 Å². The first-order chi connectivity index (χ1) is 10.7. The van der Waals surface area contributed by atoms with E-state index in [2.05, 4.69) is 29.2 Å². The number of aromatic nitrogens is 1. The van der Waals surface area contributed by atoms with Crippen LogP contribution in [0.3, 0.4) is 0 Å². The lowest BCUT2D eigenvalue weighted by molar-refractivity contribution is 0.0725. The molecule has 0 saturated carbocycles. The van der Waals surface area contributed by atoms with Gasteiger partial charge in [0.25, 0.3) is 5.91 Å². The minimum Gasteiger partial charge on any atom is -0.351 e. The van der Waals surface area contributed by atoms with Crippen molar-refractivity contribution in [1.82, 2.24) is 9.88 Å². The van der Waals surface area contributed by atoms with Crippen LogP contribution in [0.4, 0.5) is 0 Å². The second-order valence-corrected chi connectivity index (χ2v) is 5.94. The Balaban J connectivity index is 1.65. The zero-order valence-electron chi connectivity index (χ0n) is 12.5. The topological polar surface area (TPSA) is 36.1 Å². The first-order valence-corrected chi connectivity index (χ1v) is 7.67. The molecule has 1 amide bonds. The number of amides is 1. The van der Waals surface area contributed by atoms with Gasteiger partial charge >= 0.3 is 0 Å². The quantitative estimate of drug-likeness (QED) is 0.762. The number of H-pyrrole nitrogens is 1. The molecule has 0 radical (unpaired) electrons. The molecule has 1 heterocycles. The second kappa shape index (κ2) is 5.02. The molecule has 3 nitrogen and oxygen atoms in total. The monoisotopic (exact) mass is 290 g/mol. The Kier molecular flexibility index (Phi) is 3.00. The SMILES string of the molecule is CN(C(=O)c1cc2ccccc2[nH]1)[C@@H]1CCc2ccccc21. The number of para-hydroxylation sites is 1. The Morgan fingerprint density at radius 2 is 1.91 bits per heavy atom. The summed E-state index contributed by atoms with van der Waals surface area (Å²) >= 11 is 0. The molecular formula is C19H18N2O. The lowest BCUT2D eigenvalue weighted by Crippen LogP contribution is -2.30. The summed E-state index contributed by atoms with van der Waals surface area (Å²) in [5.41, 5.74) is 4.32. The number of carbonyl (C=O) groups is 1. The number of rotatable bonds is 2. The lowest BCUT2D eigenvalue weighted by Gasteiger charge is -2.25. The van der Waals surface area contributed by atoms with E-state index in [1.54, 1.807) is 0 Å². The summed E-state index contributed by atoms with van der Waals surface area (Å²) in [6.07, 6.45) is 2.05. The van der Waals surface area contributed by atoms with Crippen LogP contribution < -0.4 is 0 Å². The summed E-state index contributed by atoms with van der Waals surface area (Å²) in [5.74, 6) is 0.0536. The Bertz CT molecular complexity index is 816. The Morgan fingerprint density at radius 1 is 1.14 bits per heavy atom. The van der Waals surface area contributed by atoms with E-state index in [1.807, 2.05) is 42.3 Å². The van der Waals surface area contributed by atoms with E-state index in [9.17, 15) is 4.79 Å². The standard InChI is InChI=1S/C19H18N2O/c1-21(18-11-10-13-6-2-4-8-15(13)18)19(22)17-12-14-7-3-5-9-16(14)20-17/h2-9,12,18,20H,10-11H2,1H3/t18-/m1/s1. The third-order valence-corrected chi connectivity index (χ3v) is 4.65. The van der Waals surface area contributed by atoms with Gasteiger partial charge in [0.2, 0.25) is 0 Å². The number of aromatic amines is 1. The van der Waals surface area contributed by atoms with Gasteiger partial charge in [-0.05, 0) is 36.1 Å². The fraction of sp³-hybridized carbons (Fsp3) is 0.211. The van der Waals surface area contributed by atoms with Gasteiger partial charge in [0.05, 0.1) is 6.04 Å². The van der Waals surface area contributed by atoms with Crippen LogP contribution >= 0.6 is 0 Å². The molecule has 3 aromatic rings. The maximum Gasteiger partial charge on any atom is 0.270 e. The van der Waals surface area contributed by atoms with Crippen molar-refractivity contribution in [2.75, 3.05) is 7.05 Å². The molecule has 0 spiro atoms. The van der Waals surface area contributed by atoms with Crippen molar-refractivity contribution < 1.29 is 4.79 Å². The number of benzene rings is 2. The molecule has 1 aliphatic carbocycles. The number of hydrogen-bond donors (Lipinski definition) is 1. The van der Waals surface area contributed by atoms with Gasteiger partial charge in [-0.15, -0.1) is 0 Å². The molecule has 1 N–H and O–H groups in total. The Morgan fingerprint density at radius 3 is 2.77 bits per heavy atom. The van der Waals surface area contributed by atoms with Gasteiger partial charge in [0.15, 0.2) is 0 Å². The van der Waals surface area contributed by atoms with E-state index in [1.165, 1.54) is 11.1 Å². The summed E-state index contributed by atoms with van der Waals surface area (Å²) in [6.45, 7) is 0. The minimum absolute atomic E-state index is 0.0536. The molecule has 0 bridgehead atoms. The Labute approximate surface area is 129 Å². The molecule has 1 atom stereocenters. The molecule has 110 valence electrons. The predicted molar refractivity (Wildman–Crippen MR) is 87.9 cm³/mol. The molecule has 0 fully saturated rings. The van der Waals surface area contributed by atoms with Crippen LogP contribution in [-0.2, 0) is 6.42 Å². The third kappa shape index (κ3) is 2.01. The largest absolute Gasteiger partial charge is 0.351 e. The number of nitrogens with zero attached hydrogens (tertiary/aromatic N) is 1. The molecule has 0 aliphatic heterocycles. The van der Waals surface area contributed by atoms with Crippen molar-refractivity contribution in [1.29, 1.82) is 0 Å². The second-order valence-electron chi connectivity index (χ2n) is 5.94.